The first-order chi connectivity index (χ1) is 14.4. The average Bonchev–Trinajstić information content (AvgIpc) is 3.17. The fourth-order valence-corrected chi connectivity index (χ4v) is 4.99. The molecule has 0 saturated carbocycles. The molecule has 160 valence electrons. The monoisotopic (exact) mass is 434 g/mol. The van der Waals surface area contributed by atoms with Crippen LogP contribution in [0.5, 0.6) is 0 Å². The predicted octanol–water partition coefficient (Wildman–Crippen LogP) is 1.90. The molecule has 1 fully saturated rings. The second kappa shape index (κ2) is 8.32. The van der Waals surface area contributed by atoms with E-state index in [1.54, 1.807) is 11.3 Å². The zero-order valence-corrected chi connectivity index (χ0v) is 17.1. The van der Waals surface area contributed by atoms with Gasteiger partial charge in [0.05, 0.1) is 6.61 Å². The number of aliphatic hydroxyl groups is 4. The largest absolute Gasteiger partial charge is 0.394 e. The molecule has 1 saturated heterocycles. The number of halogens is 1. The van der Waals surface area contributed by atoms with E-state index in [1.165, 1.54) is 25.3 Å². The van der Waals surface area contributed by atoms with Gasteiger partial charge in [-0.1, -0.05) is 24.3 Å². The van der Waals surface area contributed by atoms with Gasteiger partial charge in [0.2, 0.25) is 5.79 Å². The molecule has 1 aliphatic rings. The summed E-state index contributed by atoms with van der Waals surface area (Å²) in [7, 11) is 1.27. The minimum absolute atomic E-state index is 0.277. The highest BCUT2D eigenvalue weighted by Gasteiger charge is 2.55. The molecule has 2 heterocycles. The molecule has 4 rings (SSSR count). The van der Waals surface area contributed by atoms with Crippen LogP contribution in [0, 0.1) is 5.82 Å². The van der Waals surface area contributed by atoms with Crippen molar-refractivity contribution < 1.29 is 34.3 Å². The van der Waals surface area contributed by atoms with Gasteiger partial charge in [-0.05, 0) is 35.2 Å². The lowest BCUT2D eigenvalue weighted by molar-refractivity contribution is -0.366. The van der Waals surface area contributed by atoms with E-state index < -0.39 is 42.6 Å². The van der Waals surface area contributed by atoms with E-state index >= 15 is 0 Å². The smallest absolute Gasteiger partial charge is 0.224 e. The van der Waals surface area contributed by atoms with Gasteiger partial charge in [-0.25, -0.2) is 4.39 Å². The summed E-state index contributed by atoms with van der Waals surface area (Å²) >= 11 is 1.57. The Balaban J connectivity index is 1.72. The van der Waals surface area contributed by atoms with Crippen molar-refractivity contribution in [2.24, 2.45) is 0 Å². The van der Waals surface area contributed by atoms with Gasteiger partial charge in [-0.3, -0.25) is 0 Å². The van der Waals surface area contributed by atoms with Gasteiger partial charge in [0, 0.05) is 28.7 Å². The van der Waals surface area contributed by atoms with Gasteiger partial charge < -0.3 is 29.9 Å². The summed E-state index contributed by atoms with van der Waals surface area (Å²) in [5.41, 5.74) is 0.645. The van der Waals surface area contributed by atoms with Gasteiger partial charge in [0.1, 0.15) is 30.2 Å². The zero-order chi connectivity index (χ0) is 21.5. The summed E-state index contributed by atoms with van der Waals surface area (Å²) < 4.78 is 26.9. The summed E-state index contributed by atoms with van der Waals surface area (Å²) in [6.45, 7) is -0.591. The minimum Gasteiger partial charge on any atom is -0.394 e. The Hall–Kier alpha value is -1.91. The molecule has 0 spiro atoms. The molecule has 1 aliphatic heterocycles. The fourth-order valence-electron chi connectivity index (χ4n) is 3.91. The minimum atomic E-state index is -1.87. The lowest BCUT2D eigenvalue weighted by Crippen LogP contribution is -2.64. The van der Waals surface area contributed by atoms with E-state index in [9.17, 15) is 24.8 Å². The third-order valence-electron chi connectivity index (χ3n) is 5.54. The normalized spacial score (nSPS) is 29.4. The van der Waals surface area contributed by atoms with Crippen molar-refractivity contribution in [3.63, 3.8) is 0 Å². The second-order valence-corrected chi connectivity index (χ2v) is 8.54. The fraction of sp³-hybridized carbons (Fsp3) is 0.364. The maximum atomic E-state index is 14.6. The zero-order valence-electron chi connectivity index (χ0n) is 16.2. The van der Waals surface area contributed by atoms with Crippen molar-refractivity contribution >= 4 is 21.4 Å². The van der Waals surface area contributed by atoms with Crippen molar-refractivity contribution in [3.8, 4) is 0 Å². The third-order valence-corrected chi connectivity index (χ3v) is 6.66. The van der Waals surface area contributed by atoms with Crippen LogP contribution in [-0.2, 0) is 21.7 Å². The summed E-state index contributed by atoms with van der Waals surface area (Å²) in [5, 5.41) is 41.5. The van der Waals surface area contributed by atoms with Crippen LogP contribution in [0.2, 0.25) is 0 Å². The molecular formula is C22H23FO6S. The molecule has 0 unspecified atom stereocenters. The van der Waals surface area contributed by atoms with Gasteiger partial charge in [0.15, 0.2) is 0 Å². The Morgan fingerprint density at radius 3 is 2.57 bits per heavy atom. The highest BCUT2D eigenvalue weighted by molar-refractivity contribution is 7.19. The number of methoxy groups -OCH3 is 1. The number of fused-ring (bicyclic) bond motifs is 1. The van der Waals surface area contributed by atoms with Crippen LogP contribution < -0.4 is 0 Å². The van der Waals surface area contributed by atoms with Gasteiger partial charge >= 0.3 is 0 Å². The molecule has 6 nitrogen and oxygen atoms in total. The van der Waals surface area contributed by atoms with Crippen LogP contribution in [-0.4, -0.2) is 58.6 Å². The Morgan fingerprint density at radius 2 is 1.87 bits per heavy atom. The molecule has 4 N–H and O–H groups in total. The van der Waals surface area contributed by atoms with E-state index in [0.717, 1.165) is 15.0 Å². The topological polar surface area (TPSA) is 99.4 Å². The van der Waals surface area contributed by atoms with Crippen molar-refractivity contribution in [2.75, 3.05) is 13.7 Å². The van der Waals surface area contributed by atoms with Crippen LogP contribution in [0.4, 0.5) is 4.39 Å². The second-order valence-electron chi connectivity index (χ2n) is 7.37. The molecule has 1 aromatic heterocycles. The van der Waals surface area contributed by atoms with Crippen molar-refractivity contribution in [1.29, 1.82) is 0 Å². The molecule has 5 atom stereocenters. The third kappa shape index (κ3) is 3.54. The Kier molecular flexibility index (Phi) is 5.91. The Labute approximate surface area is 176 Å². The number of thiophene rings is 1. The van der Waals surface area contributed by atoms with E-state index in [-0.39, 0.29) is 5.56 Å². The maximum absolute atomic E-state index is 14.6. The summed E-state index contributed by atoms with van der Waals surface area (Å²) in [5.74, 6) is -2.29. The lowest BCUT2D eigenvalue weighted by atomic mass is 9.87. The Bertz CT molecular complexity index is 1000. The van der Waals surface area contributed by atoms with E-state index in [0.29, 0.717) is 12.0 Å². The van der Waals surface area contributed by atoms with E-state index in [2.05, 4.69) is 0 Å². The molecule has 0 bridgehead atoms. The molecule has 0 radical (unpaired) electrons. The summed E-state index contributed by atoms with van der Waals surface area (Å²) in [4.78, 5) is 0.965. The molecular weight excluding hydrogens is 411 g/mol. The number of hydrogen-bond donors (Lipinski definition) is 4. The first kappa shape index (κ1) is 21.3. The number of aliphatic hydroxyl groups excluding tert-OH is 4. The molecule has 2 aromatic carbocycles. The van der Waals surface area contributed by atoms with E-state index in [1.807, 2.05) is 30.3 Å². The number of ether oxygens (including phenoxy) is 2. The van der Waals surface area contributed by atoms with Crippen molar-refractivity contribution in [3.05, 3.63) is 70.4 Å². The lowest BCUT2D eigenvalue weighted by Gasteiger charge is -2.47. The predicted molar refractivity (Wildman–Crippen MR) is 110 cm³/mol. The summed E-state index contributed by atoms with van der Waals surface area (Å²) in [6, 6.07) is 14.1. The Morgan fingerprint density at radius 1 is 1.10 bits per heavy atom. The maximum Gasteiger partial charge on any atom is 0.224 e. The van der Waals surface area contributed by atoms with Crippen molar-refractivity contribution in [1.82, 2.24) is 0 Å². The van der Waals surface area contributed by atoms with Crippen molar-refractivity contribution in [2.45, 2.75) is 36.6 Å². The first-order valence-corrected chi connectivity index (χ1v) is 10.4. The molecule has 0 amide bonds. The number of benzene rings is 2. The molecule has 8 heteroatoms. The summed E-state index contributed by atoms with van der Waals surface area (Å²) in [6.07, 6.45) is -5.62. The average molecular weight is 434 g/mol. The highest BCUT2D eigenvalue weighted by atomic mass is 32.1. The van der Waals surface area contributed by atoms with Gasteiger partial charge in [0.25, 0.3) is 0 Å². The number of rotatable bonds is 5. The van der Waals surface area contributed by atoms with Crippen LogP contribution in [0.1, 0.15) is 16.0 Å². The van der Waals surface area contributed by atoms with Crippen LogP contribution in [0.15, 0.2) is 48.5 Å². The standard InChI is InChI=1S/C22H23FO6S/c1-28-22(21(27)20(26)19(25)17(11-24)29-22)14-6-7-16(23)13(8-14)10-15-9-12-4-2-3-5-18(12)30-15/h2-9,17,19-21,24-27H,10-11H2,1H3/t17-,19-,20-,21-,22+/m1/s1. The van der Waals surface area contributed by atoms with Gasteiger partial charge in [-0.15, -0.1) is 11.3 Å². The number of hydrogen-bond acceptors (Lipinski definition) is 7. The van der Waals surface area contributed by atoms with Crippen LogP contribution >= 0.6 is 11.3 Å². The van der Waals surface area contributed by atoms with Crippen LogP contribution in [0.25, 0.3) is 10.1 Å². The quantitative estimate of drug-likeness (QED) is 0.490. The first-order valence-electron chi connectivity index (χ1n) is 9.54. The SMILES string of the molecule is CO[C@@]1(c2ccc(F)c(Cc3cc4ccccc4s3)c2)O[C@H](CO)[C@@H](O)[C@@H](O)[C@H]1O. The molecule has 30 heavy (non-hydrogen) atoms. The van der Waals surface area contributed by atoms with Crippen LogP contribution in [0.3, 0.4) is 0 Å². The molecule has 0 aliphatic carbocycles. The van der Waals surface area contributed by atoms with Gasteiger partial charge in [-0.2, -0.15) is 0 Å². The van der Waals surface area contributed by atoms with E-state index in [4.69, 9.17) is 9.47 Å². The molecule has 3 aromatic rings. The highest BCUT2D eigenvalue weighted by Crippen LogP contribution is 2.40.